The van der Waals surface area contributed by atoms with Crippen molar-refractivity contribution in [3.63, 3.8) is 0 Å². The lowest BCUT2D eigenvalue weighted by molar-refractivity contribution is 0.201. The van der Waals surface area contributed by atoms with E-state index in [-0.39, 0.29) is 0 Å². The third-order valence-electron chi connectivity index (χ3n) is 5.23. The van der Waals surface area contributed by atoms with E-state index < -0.39 is 0 Å². The average Bonchev–Trinajstić information content (AvgIpc) is 2.68. The first kappa shape index (κ1) is 17.9. The molecule has 2 aromatic rings. The Bertz CT molecular complexity index is 633. The standard InChI is InChI=1S/C22H31N3/c1-3-15-25(22-20(4-2)11-8-14-23-22)21-12-16-24(17-13-21)18-19-9-6-5-7-10-19/h5-11,14,21H,3-4,12-13,15-18H2,1-2H3. The highest BCUT2D eigenvalue weighted by Gasteiger charge is 2.26. The lowest BCUT2D eigenvalue weighted by atomic mass is 10.0. The Morgan fingerprint density at radius 2 is 1.80 bits per heavy atom. The van der Waals surface area contributed by atoms with Gasteiger partial charge in [0.15, 0.2) is 0 Å². The molecule has 25 heavy (non-hydrogen) atoms. The SMILES string of the molecule is CCCN(c1ncccc1CC)C1CCN(Cc2ccccc2)CC1. The quantitative estimate of drug-likeness (QED) is 0.740. The van der Waals surface area contributed by atoms with Crippen molar-refractivity contribution in [1.82, 2.24) is 9.88 Å². The number of hydrogen-bond donors (Lipinski definition) is 0. The van der Waals surface area contributed by atoms with Gasteiger partial charge in [0.05, 0.1) is 0 Å². The van der Waals surface area contributed by atoms with Gasteiger partial charge in [-0.25, -0.2) is 4.98 Å². The van der Waals surface area contributed by atoms with Crippen molar-refractivity contribution >= 4 is 5.82 Å². The van der Waals surface area contributed by atoms with Crippen LogP contribution in [0.25, 0.3) is 0 Å². The zero-order valence-corrected chi connectivity index (χ0v) is 15.7. The summed E-state index contributed by atoms with van der Waals surface area (Å²) in [5, 5.41) is 0. The van der Waals surface area contributed by atoms with Gasteiger partial charge in [-0.15, -0.1) is 0 Å². The summed E-state index contributed by atoms with van der Waals surface area (Å²) in [6.07, 6.45) is 6.63. The third kappa shape index (κ3) is 4.60. The van der Waals surface area contributed by atoms with Gasteiger partial charge >= 0.3 is 0 Å². The van der Waals surface area contributed by atoms with E-state index in [1.165, 1.54) is 49.3 Å². The molecule has 0 spiro atoms. The lowest BCUT2D eigenvalue weighted by Crippen LogP contribution is -2.45. The maximum Gasteiger partial charge on any atom is 0.131 e. The molecule has 0 saturated carbocycles. The molecule has 3 heteroatoms. The van der Waals surface area contributed by atoms with E-state index in [2.05, 4.69) is 66.1 Å². The molecule has 0 N–H and O–H groups in total. The smallest absolute Gasteiger partial charge is 0.131 e. The van der Waals surface area contributed by atoms with Crippen LogP contribution in [0.15, 0.2) is 48.7 Å². The molecule has 1 fully saturated rings. The number of aromatic nitrogens is 1. The highest BCUT2D eigenvalue weighted by molar-refractivity contribution is 5.47. The first-order valence-electron chi connectivity index (χ1n) is 9.78. The van der Waals surface area contributed by atoms with Gasteiger partial charge in [-0.2, -0.15) is 0 Å². The van der Waals surface area contributed by atoms with E-state index in [0.29, 0.717) is 6.04 Å². The number of pyridine rings is 1. The predicted octanol–water partition coefficient (Wildman–Crippen LogP) is 4.53. The third-order valence-corrected chi connectivity index (χ3v) is 5.23. The fourth-order valence-electron chi connectivity index (χ4n) is 3.90. The molecule has 1 aliphatic rings. The molecule has 3 nitrogen and oxygen atoms in total. The molecule has 134 valence electrons. The Morgan fingerprint density at radius 3 is 2.48 bits per heavy atom. The topological polar surface area (TPSA) is 19.4 Å². The number of nitrogens with zero attached hydrogens (tertiary/aromatic N) is 3. The number of anilines is 1. The monoisotopic (exact) mass is 337 g/mol. The largest absolute Gasteiger partial charge is 0.353 e. The number of hydrogen-bond acceptors (Lipinski definition) is 3. The zero-order chi connectivity index (χ0) is 17.5. The number of aryl methyl sites for hydroxylation is 1. The second kappa shape index (κ2) is 9.00. The molecule has 1 aliphatic heterocycles. The summed E-state index contributed by atoms with van der Waals surface area (Å²) in [6, 6.07) is 15.7. The highest BCUT2D eigenvalue weighted by Crippen LogP contribution is 2.26. The van der Waals surface area contributed by atoms with Gasteiger partial charge in [0.2, 0.25) is 0 Å². The van der Waals surface area contributed by atoms with Gasteiger partial charge < -0.3 is 4.90 Å². The molecular formula is C22H31N3. The highest BCUT2D eigenvalue weighted by atomic mass is 15.2. The zero-order valence-electron chi connectivity index (χ0n) is 15.7. The Kier molecular flexibility index (Phi) is 6.46. The number of rotatable bonds is 7. The molecule has 0 atom stereocenters. The molecule has 0 radical (unpaired) electrons. The molecule has 1 saturated heterocycles. The summed E-state index contributed by atoms with van der Waals surface area (Å²) >= 11 is 0. The maximum absolute atomic E-state index is 4.74. The molecular weight excluding hydrogens is 306 g/mol. The summed E-state index contributed by atoms with van der Waals surface area (Å²) in [5.74, 6) is 1.22. The Hall–Kier alpha value is -1.87. The molecule has 0 amide bonds. The van der Waals surface area contributed by atoms with Gasteiger partial charge in [0.1, 0.15) is 5.82 Å². The molecule has 0 aliphatic carbocycles. The fraction of sp³-hybridized carbons (Fsp3) is 0.500. The Labute approximate surface area is 152 Å². The number of likely N-dealkylation sites (tertiary alicyclic amines) is 1. The fourth-order valence-corrected chi connectivity index (χ4v) is 3.90. The predicted molar refractivity (Wildman–Crippen MR) is 106 cm³/mol. The molecule has 1 aromatic carbocycles. The molecule has 2 heterocycles. The van der Waals surface area contributed by atoms with E-state index in [1.807, 2.05) is 6.20 Å². The van der Waals surface area contributed by atoms with Crippen LogP contribution in [0, 0.1) is 0 Å². The van der Waals surface area contributed by atoms with Crippen molar-refractivity contribution in [3.8, 4) is 0 Å². The average molecular weight is 338 g/mol. The van der Waals surface area contributed by atoms with Gasteiger partial charge in [0.25, 0.3) is 0 Å². The van der Waals surface area contributed by atoms with E-state index in [0.717, 1.165) is 19.5 Å². The summed E-state index contributed by atoms with van der Waals surface area (Å²) < 4.78 is 0. The lowest BCUT2D eigenvalue weighted by Gasteiger charge is -2.40. The van der Waals surface area contributed by atoms with Crippen molar-refractivity contribution in [2.75, 3.05) is 24.5 Å². The van der Waals surface area contributed by atoms with Crippen LogP contribution in [0.4, 0.5) is 5.82 Å². The van der Waals surface area contributed by atoms with Gasteiger partial charge in [-0.05, 0) is 42.9 Å². The molecule has 1 aromatic heterocycles. The van der Waals surface area contributed by atoms with E-state index >= 15 is 0 Å². The molecule has 0 bridgehead atoms. The van der Waals surface area contributed by atoms with Crippen LogP contribution in [0.1, 0.15) is 44.2 Å². The van der Waals surface area contributed by atoms with Crippen LogP contribution in [-0.4, -0.2) is 35.6 Å². The van der Waals surface area contributed by atoms with Crippen LogP contribution in [-0.2, 0) is 13.0 Å². The first-order valence-corrected chi connectivity index (χ1v) is 9.78. The van der Waals surface area contributed by atoms with Gasteiger partial charge in [-0.3, -0.25) is 4.90 Å². The van der Waals surface area contributed by atoms with Gasteiger partial charge in [0, 0.05) is 38.4 Å². The Morgan fingerprint density at radius 1 is 1.04 bits per heavy atom. The van der Waals surface area contributed by atoms with Crippen molar-refractivity contribution in [3.05, 3.63) is 59.8 Å². The Balaban J connectivity index is 1.64. The van der Waals surface area contributed by atoms with Crippen molar-refractivity contribution in [2.24, 2.45) is 0 Å². The van der Waals surface area contributed by atoms with E-state index in [9.17, 15) is 0 Å². The van der Waals surface area contributed by atoms with Crippen molar-refractivity contribution < 1.29 is 0 Å². The van der Waals surface area contributed by atoms with E-state index in [4.69, 9.17) is 4.98 Å². The van der Waals surface area contributed by atoms with Crippen LogP contribution < -0.4 is 4.90 Å². The number of benzene rings is 1. The van der Waals surface area contributed by atoms with Crippen LogP contribution in [0.2, 0.25) is 0 Å². The van der Waals surface area contributed by atoms with Crippen LogP contribution >= 0.6 is 0 Å². The summed E-state index contributed by atoms with van der Waals surface area (Å²) in [7, 11) is 0. The minimum Gasteiger partial charge on any atom is -0.353 e. The second-order valence-corrected chi connectivity index (χ2v) is 7.03. The molecule has 0 unspecified atom stereocenters. The van der Waals surface area contributed by atoms with Crippen LogP contribution in [0.3, 0.4) is 0 Å². The first-order chi connectivity index (χ1) is 12.3. The summed E-state index contributed by atoms with van der Waals surface area (Å²) in [5.41, 5.74) is 2.80. The normalized spacial score (nSPS) is 16.1. The van der Waals surface area contributed by atoms with E-state index in [1.54, 1.807) is 0 Å². The van der Waals surface area contributed by atoms with Crippen LogP contribution in [0.5, 0.6) is 0 Å². The van der Waals surface area contributed by atoms with Crippen molar-refractivity contribution in [1.29, 1.82) is 0 Å². The van der Waals surface area contributed by atoms with Crippen molar-refractivity contribution in [2.45, 2.75) is 52.1 Å². The van der Waals surface area contributed by atoms with Gasteiger partial charge in [-0.1, -0.05) is 50.2 Å². The number of piperidine rings is 1. The minimum atomic E-state index is 0.618. The summed E-state index contributed by atoms with van der Waals surface area (Å²) in [4.78, 5) is 9.92. The minimum absolute atomic E-state index is 0.618. The molecule has 3 rings (SSSR count). The summed E-state index contributed by atoms with van der Waals surface area (Å²) in [6.45, 7) is 9.03. The maximum atomic E-state index is 4.74. The second-order valence-electron chi connectivity index (χ2n) is 7.03.